The van der Waals surface area contributed by atoms with Gasteiger partial charge < -0.3 is 14.4 Å². The molecule has 2 aromatic carbocycles. The number of halogens is 2. The molecule has 1 amide bonds. The van der Waals surface area contributed by atoms with E-state index in [4.69, 9.17) is 4.74 Å². The summed E-state index contributed by atoms with van der Waals surface area (Å²) in [5, 5.41) is 0. The Bertz CT molecular complexity index is 817. The van der Waals surface area contributed by atoms with E-state index in [1.807, 2.05) is 0 Å². The van der Waals surface area contributed by atoms with Crippen molar-refractivity contribution in [2.75, 3.05) is 20.7 Å². The highest BCUT2D eigenvalue weighted by Crippen LogP contribution is 2.22. The van der Waals surface area contributed by atoms with Crippen molar-refractivity contribution in [1.29, 1.82) is 0 Å². The zero-order chi connectivity index (χ0) is 19.8. The van der Waals surface area contributed by atoms with Crippen molar-refractivity contribution in [3.8, 4) is 11.5 Å². The Morgan fingerprint density at radius 1 is 1.07 bits per heavy atom. The van der Waals surface area contributed by atoms with Crippen LogP contribution in [0.4, 0.5) is 8.78 Å². The van der Waals surface area contributed by atoms with Crippen molar-refractivity contribution in [1.82, 2.24) is 4.90 Å². The maximum Gasteiger partial charge on any atom is 0.387 e. The summed E-state index contributed by atoms with van der Waals surface area (Å²) in [5.41, 5.74) is 0.762. The van der Waals surface area contributed by atoms with Crippen LogP contribution in [-0.4, -0.2) is 43.9 Å². The molecule has 2 aromatic rings. The Morgan fingerprint density at radius 2 is 1.74 bits per heavy atom. The monoisotopic (exact) mass is 375 g/mol. The molecule has 0 saturated carbocycles. The fraction of sp³-hybridized carbons (Fsp3) is 0.200. The van der Waals surface area contributed by atoms with Gasteiger partial charge in [0.1, 0.15) is 11.5 Å². The standard InChI is InChI=1S/C20H19F2NO4/c1-23(2)19(25)13-26-16-10-7-14(8-11-16)17(24)12-9-15-5-3-4-6-18(15)27-20(21)22/h3-12,20H,13H2,1-2H3. The average molecular weight is 375 g/mol. The van der Waals surface area contributed by atoms with Crippen LogP contribution < -0.4 is 9.47 Å². The summed E-state index contributed by atoms with van der Waals surface area (Å²) in [4.78, 5) is 25.1. The van der Waals surface area contributed by atoms with E-state index in [1.165, 1.54) is 23.1 Å². The third kappa shape index (κ3) is 6.22. The number of para-hydroxylation sites is 1. The minimum atomic E-state index is -2.94. The number of ketones is 1. The summed E-state index contributed by atoms with van der Waals surface area (Å²) in [7, 11) is 3.26. The molecule has 27 heavy (non-hydrogen) atoms. The number of carbonyl (C=O) groups is 2. The second-order valence-corrected chi connectivity index (χ2v) is 5.72. The van der Waals surface area contributed by atoms with Crippen molar-refractivity contribution >= 4 is 17.8 Å². The predicted octanol–water partition coefficient (Wildman–Crippen LogP) is 3.65. The molecule has 0 bridgehead atoms. The van der Waals surface area contributed by atoms with Gasteiger partial charge in [0.15, 0.2) is 12.4 Å². The van der Waals surface area contributed by atoms with Crippen molar-refractivity contribution < 1.29 is 27.8 Å². The fourth-order valence-electron chi connectivity index (χ4n) is 2.07. The SMILES string of the molecule is CN(C)C(=O)COc1ccc(C(=O)C=Cc2ccccc2OC(F)F)cc1. The number of hydrogen-bond donors (Lipinski definition) is 0. The summed E-state index contributed by atoms with van der Waals surface area (Å²) in [6.45, 7) is -3.04. The van der Waals surface area contributed by atoms with Crippen molar-refractivity contribution in [3.63, 3.8) is 0 Å². The van der Waals surface area contributed by atoms with Gasteiger partial charge in [-0.3, -0.25) is 9.59 Å². The molecule has 0 radical (unpaired) electrons. The highest BCUT2D eigenvalue weighted by Gasteiger charge is 2.09. The summed E-state index contributed by atoms with van der Waals surface area (Å²) in [5.74, 6) is -0.0344. The smallest absolute Gasteiger partial charge is 0.387 e. The van der Waals surface area contributed by atoms with Gasteiger partial charge in [-0.15, -0.1) is 0 Å². The van der Waals surface area contributed by atoms with E-state index in [2.05, 4.69) is 4.74 Å². The molecule has 2 rings (SSSR count). The molecule has 0 saturated heterocycles. The molecule has 0 aliphatic rings. The number of rotatable bonds is 8. The van der Waals surface area contributed by atoms with E-state index in [9.17, 15) is 18.4 Å². The van der Waals surface area contributed by atoms with Gasteiger partial charge in [0, 0.05) is 25.2 Å². The van der Waals surface area contributed by atoms with Gasteiger partial charge in [-0.1, -0.05) is 18.2 Å². The highest BCUT2D eigenvalue weighted by atomic mass is 19.3. The van der Waals surface area contributed by atoms with Gasteiger partial charge >= 0.3 is 6.61 Å². The van der Waals surface area contributed by atoms with Crippen molar-refractivity contribution in [2.45, 2.75) is 6.61 Å². The first-order valence-electron chi connectivity index (χ1n) is 8.06. The summed E-state index contributed by atoms with van der Waals surface area (Å²) in [6.07, 6.45) is 2.69. The number of nitrogens with zero attached hydrogens (tertiary/aromatic N) is 1. The van der Waals surface area contributed by atoms with E-state index < -0.39 is 6.61 Å². The molecule has 5 nitrogen and oxygen atoms in total. The van der Waals surface area contributed by atoms with Gasteiger partial charge in [-0.2, -0.15) is 8.78 Å². The topological polar surface area (TPSA) is 55.8 Å². The molecule has 0 aliphatic heterocycles. The van der Waals surface area contributed by atoms with Crippen LogP contribution in [0, 0.1) is 0 Å². The first-order valence-corrected chi connectivity index (χ1v) is 8.06. The second kappa shape index (κ2) is 9.47. The van der Waals surface area contributed by atoms with Crippen LogP contribution in [-0.2, 0) is 4.79 Å². The largest absolute Gasteiger partial charge is 0.484 e. The zero-order valence-corrected chi connectivity index (χ0v) is 14.9. The molecule has 0 atom stereocenters. The first kappa shape index (κ1) is 20.1. The maximum absolute atomic E-state index is 12.4. The van der Waals surface area contributed by atoms with E-state index >= 15 is 0 Å². The fourth-order valence-corrected chi connectivity index (χ4v) is 2.07. The van der Waals surface area contributed by atoms with Crippen LogP contribution in [0.2, 0.25) is 0 Å². The van der Waals surface area contributed by atoms with Crippen LogP contribution >= 0.6 is 0 Å². The number of ether oxygens (including phenoxy) is 2. The summed E-state index contributed by atoms with van der Waals surface area (Å²) >= 11 is 0. The van der Waals surface area contributed by atoms with Gasteiger partial charge in [-0.25, -0.2) is 0 Å². The van der Waals surface area contributed by atoms with Gasteiger partial charge in [-0.05, 0) is 42.5 Å². The lowest BCUT2D eigenvalue weighted by atomic mass is 10.1. The lowest BCUT2D eigenvalue weighted by molar-refractivity contribution is -0.130. The summed E-state index contributed by atoms with van der Waals surface area (Å²) < 4.78 is 34.6. The van der Waals surface area contributed by atoms with Gasteiger partial charge in [0.05, 0.1) is 0 Å². The highest BCUT2D eigenvalue weighted by molar-refractivity contribution is 6.07. The third-order valence-electron chi connectivity index (χ3n) is 3.55. The third-order valence-corrected chi connectivity index (χ3v) is 3.55. The molecular formula is C20H19F2NO4. The maximum atomic E-state index is 12.4. The minimum absolute atomic E-state index is 0.00847. The van der Waals surface area contributed by atoms with Crippen LogP contribution in [0.1, 0.15) is 15.9 Å². The number of benzene rings is 2. The van der Waals surface area contributed by atoms with E-state index in [-0.39, 0.29) is 24.0 Å². The Balaban J connectivity index is 2.02. The Hall–Kier alpha value is -3.22. The Labute approximate surface area is 155 Å². The zero-order valence-electron chi connectivity index (χ0n) is 14.9. The number of amides is 1. The molecule has 0 spiro atoms. The molecule has 0 aliphatic carbocycles. The van der Waals surface area contributed by atoms with Crippen LogP contribution in [0.5, 0.6) is 11.5 Å². The first-order chi connectivity index (χ1) is 12.9. The quantitative estimate of drug-likeness (QED) is 0.522. The second-order valence-electron chi connectivity index (χ2n) is 5.72. The molecule has 0 heterocycles. The molecular weight excluding hydrogens is 356 g/mol. The van der Waals surface area contributed by atoms with Crippen molar-refractivity contribution in [3.05, 3.63) is 65.7 Å². The van der Waals surface area contributed by atoms with Gasteiger partial charge in [0.25, 0.3) is 5.91 Å². The number of allylic oxidation sites excluding steroid dienone is 1. The molecule has 142 valence electrons. The molecule has 7 heteroatoms. The van der Waals surface area contributed by atoms with E-state index in [0.29, 0.717) is 16.9 Å². The normalized spacial score (nSPS) is 10.9. The number of alkyl halides is 2. The number of carbonyl (C=O) groups excluding carboxylic acids is 2. The Kier molecular flexibility index (Phi) is 7.05. The van der Waals surface area contributed by atoms with Crippen LogP contribution in [0.15, 0.2) is 54.6 Å². The van der Waals surface area contributed by atoms with Crippen LogP contribution in [0.3, 0.4) is 0 Å². The van der Waals surface area contributed by atoms with Crippen LogP contribution in [0.25, 0.3) is 6.08 Å². The molecule has 0 fully saturated rings. The van der Waals surface area contributed by atoms with Gasteiger partial charge in [0.2, 0.25) is 0 Å². The minimum Gasteiger partial charge on any atom is -0.484 e. The Morgan fingerprint density at radius 3 is 2.37 bits per heavy atom. The van der Waals surface area contributed by atoms with E-state index in [1.54, 1.807) is 56.6 Å². The predicted molar refractivity (Wildman–Crippen MR) is 97.1 cm³/mol. The number of likely N-dealkylation sites (N-methyl/N-ethyl adjacent to an activating group) is 1. The molecule has 0 unspecified atom stereocenters. The molecule has 0 aromatic heterocycles. The van der Waals surface area contributed by atoms with Crippen molar-refractivity contribution in [2.24, 2.45) is 0 Å². The summed E-state index contributed by atoms with van der Waals surface area (Å²) in [6, 6.07) is 12.5. The lowest BCUT2D eigenvalue weighted by Gasteiger charge is -2.11. The lowest BCUT2D eigenvalue weighted by Crippen LogP contribution is -2.27. The molecule has 0 N–H and O–H groups in total. The number of hydrogen-bond acceptors (Lipinski definition) is 4. The van der Waals surface area contributed by atoms with E-state index in [0.717, 1.165) is 0 Å². The average Bonchev–Trinajstić information content (AvgIpc) is 2.65.